The van der Waals surface area contributed by atoms with Crippen molar-refractivity contribution in [3.63, 3.8) is 0 Å². The Hall–Kier alpha value is -1.72. The third kappa shape index (κ3) is 2.65. The summed E-state index contributed by atoms with van der Waals surface area (Å²) in [5.41, 5.74) is 0. The van der Waals surface area contributed by atoms with Crippen molar-refractivity contribution in [2.24, 2.45) is 5.92 Å². The summed E-state index contributed by atoms with van der Waals surface area (Å²) in [5.74, 6) is 0.429. The van der Waals surface area contributed by atoms with Crippen LogP contribution in [0.4, 0.5) is 4.79 Å². The molecular formula is C10H15N3O3. The van der Waals surface area contributed by atoms with Crippen LogP contribution in [0.3, 0.4) is 0 Å². The fraction of sp³-hybridized carbons (Fsp3) is 0.600. The molecule has 16 heavy (non-hydrogen) atoms. The monoisotopic (exact) mass is 225 g/mol. The molecule has 2 rings (SSSR count). The zero-order chi connectivity index (χ0) is 11.4. The van der Waals surface area contributed by atoms with Crippen molar-refractivity contribution in [2.75, 3.05) is 19.7 Å². The molecule has 1 aromatic heterocycles. The molecule has 1 fully saturated rings. The van der Waals surface area contributed by atoms with Crippen LogP contribution in [0.2, 0.25) is 0 Å². The molecule has 0 unspecified atom stereocenters. The van der Waals surface area contributed by atoms with Crippen molar-refractivity contribution < 1.29 is 14.7 Å². The number of carbonyl (C=O) groups is 1. The van der Waals surface area contributed by atoms with E-state index in [2.05, 4.69) is 4.98 Å². The van der Waals surface area contributed by atoms with E-state index in [1.807, 2.05) is 0 Å². The molecule has 1 aliphatic rings. The maximum Gasteiger partial charge on any atom is 0.407 e. The van der Waals surface area contributed by atoms with Crippen molar-refractivity contribution in [3.8, 4) is 0 Å². The molecule has 0 radical (unpaired) electrons. The number of amides is 1. The summed E-state index contributed by atoms with van der Waals surface area (Å²) in [7, 11) is 0. The molecule has 1 saturated heterocycles. The maximum absolute atomic E-state index is 10.7. The third-order valence-electron chi connectivity index (χ3n) is 2.82. The summed E-state index contributed by atoms with van der Waals surface area (Å²) in [6.07, 6.45) is 5.90. The Labute approximate surface area is 93.4 Å². The Bertz CT molecular complexity index is 331. The Morgan fingerprint density at radius 3 is 2.81 bits per heavy atom. The molecule has 0 atom stereocenters. The lowest BCUT2D eigenvalue weighted by Gasteiger charge is -2.29. The Balaban J connectivity index is 1.71. The zero-order valence-corrected chi connectivity index (χ0v) is 8.95. The van der Waals surface area contributed by atoms with Crippen molar-refractivity contribution >= 4 is 6.09 Å². The first kappa shape index (κ1) is 10.8. The molecule has 6 nitrogen and oxygen atoms in total. The highest BCUT2D eigenvalue weighted by atomic mass is 16.7. The number of rotatable bonds is 3. The van der Waals surface area contributed by atoms with Gasteiger partial charge in [0, 0.05) is 19.3 Å². The molecule has 0 bridgehead atoms. The third-order valence-corrected chi connectivity index (χ3v) is 2.82. The van der Waals surface area contributed by atoms with Gasteiger partial charge in [0.2, 0.25) is 0 Å². The van der Waals surface area contributed by atoms with Crippen LogP contribution in [0.15, 0.2) is 18.7 Å². The maximum atomic E-state index is 10.7. The standard InChI is InChI=1S/C10H15N3O3/c14-10(15)12-4-1-9(2-5-12)7-16-13-6-3-11-8-13/h3,6,8-9H,1-2,4-5,7H2,(H,14,15). The number of carboxylic acid groups (broad SMARTS) is 1. The predicted octanol–water partition coefficient (Wildman–Crippen LogP) is 0.702. The fourth-order valence-electron chi connectivity index (χ4n) is 1.81. The Morgan fingerprint density at radius 2 is 2.25 bits per heavy atom. The van der Waals surface area contributed by atoms with E-state index in [0.717, 1.165) is 12.8 Å². The number of aromatic nitrogens is 2. The van der Waals surface area contributed by atoms with Gasteiger partial charge in [-0.2, -0.15) is 4.73 Å². The minimum Gasteiger partial charge on any atom is -0.465 e. The molecule has 0 spiro atoms. The molecule has 88 valence electrons. The van der Waals surface area contributed by atoms with Gasteiger partial charge >= 0.3 is 6.09 Å². The second kappa shape index (κ2) is 4.87. The lowest BCUT2D eigenvalue weighted by atomic mass is 9.98. The van der Waals surface area contributed by atoms with Gasteiger partial charge in [-0.15, -0.1) is 0 Å². The lowest BCUT2D eigenvalue weighted by molar-refractivity contribution is 0.0531. The number of hydrogen-bond acceptors (Lipinski definition) is 3. The van der Waals surface area contributed by atoms with Crippen LogP contribution >= 0.6 is 0 Å². The van der Waals surface area contributed by atoms with Gasteiger partial charge < -0.3 is 14.8 Å². The SMILES string of the molecule is O=C(O)N1CCC(COn2ccnc2)CC1. The first-order valence-corrected chi connectivity index (χ1v) is 5.35. The van der Waals surface area contributed by atoms with Crippen LogP contribution in [0.25, 0.3) is 0 Å². The Morgan fingerprint density at radius 1 is 1.50 bits per heavy atom. The number of hydrogen-bond donors (Lipinski definition) is 1. The van der Waals surface area contributed by atoms with E-state index >= 15 is 0 Å². The van der Waals surface area contributed by atoms with Crippen LogP contribution in [-0.4, -0.2) is 45.5 Å². The van der Waals surface area contributed by atoms with Gasteiger partial charge in [0.25, 0.3) is 0 Å². The van der Waals surface area contributed by atoms with Gasteiger partial charge in [0.1, 0.15) is 12.9 Å². The van der Waals surface area contributed by atoms with E-state index in [-0.39, 0.29) is 0 Å². The second-order valence-corrected chi connectivity index (χ2v) is 3.93. The van der Waals surface area contributed by atoms with Crippen LogP contribution in [0, 0.1) is 5.92 Å². The summed E-state index contributed by atoms with van der Waals surface area (Å²) in [6, 6.07) is 0. The van der Waals surface area contributed by atoms with Crippen LogP contribution in [0.5, 0.6) is 0 Å². The predicted molar refractivity (Wildman–Crippen MR) is 56.0 cm³/mol. The average molecular weight is 225 g/mol. The molecule has 6 heteroatoms. The van der Waals surface area contributed by atoms with E-state index in [9.17, 15) is 4.79 Å². The lowest BCUT2D eigenvalue weighted by Crippen LogP contribution is -2.39. The highest BCUT2D eigenvalue weighted by Crippen LogP contribution is 2.16. The summed E-state index contributed by atoms with van der Waals surface area (Å²) in [5, 5.41) is 8.79. The summed E-state index contributed by atoms with van der Waals surface area (Å²) >= 11 is 0. The van der Waals surface area contributed by atoms with Crippen molar-refractivity contribution in [1.29, 1.82) is 0 Å². The fourth-order valence-corrected chi connectivity index (χ4v) is 1.81. The van der Waals surface area contributed by atoms with Gasteiger partial charge in [0.15, 0.2) is 0 Å². The van der Waals surface area contributed by atoms with Crippen molar-refractivity contribution in [3.05, 3.63) is 18.7 Å². The van der Waals surface area contributed by atoms with E-state index in [0.29, 0.717) is 25.6 Å². The second-order valence-electron chi connectivity index (χ2n) is 3.93. The van der Waals surface area contributed by atoms with E-state index in [1.165, 1.54) is 4.90 Å². The number of piperidine rings is 1. The van der Waals surface area contributed by atoms with E-state index < -0.39 is 6.09 Å². The van der Waals surface area contributed by atoms with Gasteiger partial charge in [-0.25, -0.2) is 9.78 Å². The van der Waals surface area contributed by atoms with Gasteiger partial charge in [-0.1, -0.05) is 0 Å². The Kier molecular flexibility index (Phi) is 3.28. The first-order chi connectivity index (χ1) is 7.75. The van der Waals surface area contributed by atoms with Crippen LogP contribution < -0.4 is 4.84 Å². The number of imidazole rings is 1. The molecule has 1 aromatic rings. The smallest absolute Gasteiger partial charge is 0.407 e. The van der Waals surface area contributed by atoms with E-state index in [1.54, 1.807) is 23.5 Å². The summed E-state index contributed by atoms with van der Waals surface area (Å²) in [4.78, 5) is 21.5. The average Bonchev–Trinajstić information content (AvgIpc) is 2.80. The first-order valence-electron chi connectivity index (χ1n) is 5.35. The van der Waals surface area contributed by atoms with Gasteiger partial charge in [-0.3, -0.25) is 0 Å². The highest BCUT2D eigenvalue weighted by Gasteiger charge is 2.22. The van der Waals surface area contributed by atoms with Gasteiger partial charge in [-0.05, 0) is 18.8 Å². The molecular weight excluding hydrogens is 210 g/mol. The van der Waals surface area contributed by atoms with E-state index in [4.69, 9.17) is 9.94 Å². The quantitative estimate of drug-likeness (QED) is 0.822. The topological polar surface area (TPSA) is 67.6 Å². The molecule has 2 heterocycles. The molecule has 1 N–H and O–H groups in total. The van der Waals surface area contributed by atoms with Gasteiger partial charge in [0.05, 0.1) is 6.20 Å². The minimum atomic E-state index is -0.825. The molecule has 0 saturated carbocycles. The normalized spacial score (nSPS) is 17.4. The zero-order valence-electron chi connectivity index (χ0n) is 8.95. The minimum absolute atomic E-state index is 0.429. The van der Waals surface area contributed by atoms with Crippen molar-refractivity contribution in [1.82, 2.24) is 14.6 Å². The molecule has 0 aliphatic carbocycles. The summed E-state index contributed by atoms with van der Waals surface area (Å²) < 4.78 is 1.57. The molecule has 1 aliphatic heterocycles. The number of likely N-dealkylation sites (tertiary alicyclic amines) is 1. The molecule has 1 amide bonds. The van der Waals surface area contributed by atoms with Crippen LogP contribution in [-0.2, 0) is 0 Å². The molecule has 0 aromatic carbocycles. The highest BCUT2D eigenvalue weighted by molar-refractivity contribution is 5.64. The van der Waals surface area contributed by atoms with Crippen LogP contribution in [0.1, 0.15) is 12.8 Å². The summed E-state index contributed by atoms with van der Waals surface area (Å²) in [6.45, 7) is 1.82. The largest absolute Gasteiger partial charge is 0.465 e. The number of nitrogens with zero attached hydrogens (tertiary/aromatic N) is 3. The van der Waals surface area contributed by atoms with Crippen molar-refractivity contribution in [2.45, 2.75) is 12.8 Å².